The highest BCUT2D eigenvalue weighted by Gasteiger charge is 2.24. The average Bonchev–Trinajstić information content (AvgIpc) is 3.29. The molecule has 3 heterocycles. The number of hydrogen-bond acceptors (Lipinski definition) is 4. The highest BCUT2D eigenvalue weighted by molar-refractivity contribution is 6.30. The van der Waals surface area contributed by atoms with Gasteiger partial charge in [0.15, 0.2) is 5.78 Å². The van der Waals surface area contributed by atoms with Crippen molar-refractivity contribution in [3.05, 3.63) is 59.2 Å². The number of Topliss-reactive ketones (excluding diaryl/α,β-unsaturated/α-hetero) is 1. The Morgan fingerprint density at radius 3 is 2.31 bits per heavy atom. The van der Waals surface area contributed by atoms with Gasteiger partial charge in [-0.1, -0.05) is 35.9 Å². The number of imidazole rings is 2. The van der Waals surface area contributed by atoms with Crippen molar-refractivity contribution in [1.82, 2.24) is 18.9 Å². The lowest BCUT2D eigenvalue weighted by Gasteiger charge is -2.26. The molecular formula is C23H25Cl3N4O2. The van der Waals surface area contributed by atoms with E-state index in [1.807, 2.05) is 46.9 Å². The largest absolute Gasteiger partial charge is 0.379 e. The molecule has 170 valence electrons. The summed E-state index contributed by atoms with van der Waals surface area (Å²) in [5.41, 5.74) is 4.26. The van der Waals surface area contributed by atoms with Gasteiger partial charge in [-0.05, 0) is 24.3 Å². The second-order valence-electron chi connectivity index (χ2n) is 7.60. The number of nitrogens with zero attached hydrogens (tertiary/aromatic N) is 4. The van der Waals surface area contributed by atoms with Gasteiger partial charge >= 0.3 is 0 Å². The Hall–Kier alpha value is -2.09. The van der Waals surface area contributed by atoms with Gasteiger partial charge in [0.25, 0.3) is 0 Å². The molecule has 5 rings (SSSR count). The van der Waals surface area contributed by atoms with Crippen LogP contribution in [0.4, 0.5) is 0 Å². The van der Waals surface area contributed by atoms with E-state index in [2.05, 4.69) is 15.5 Å². The van der Waals surface area contributed by atoms with E-state index in [-0.39, 0.29) is 30.6 Å². The van der Waals surface area contributed by atoms with Gasteiger partial charge < -0.3 is 9.30 Å². The fourth-order valence-corrected chi connectivity index (χ4v) is 4.35. The summed E-state index contributed by atoms with van der Waals surface area (Å²) in [4.78, 5) is 20.1. The van der Waals surface area contributed by atoms with Crippen molar-refractivity contribution in [2.45, 2.75) is 13.5 Å². The van der Waals surface area contributed by atoms with Crippen molar-refractivity contribution in [3.63, 3.8) is 0 Å². The number of ketones is 1. The van der Waals surface area contributed by atoms with Crippen LogP contribution in [-0.2, 0) is 11.3 Å². The number of fused-ring (bicyclic) bond motifs is 3. The lowest BCUT2D eigenvalue weighted by Crippen LogP contribution is -2.38. The van der Waals surface area contributed by atoms with Crippen LogP contribution in [0.5, 0.6) is 0 Å². The Morgan fingerprint density at radius 2 is 1.66 bits per heavy atom. The monoisotopic (exact) mass is 494 g/mol. The van der Waals surface area contributed by atoms with Crippen LogP contribution < -0.4 is 0 Å². The molecule has 0 bridgehead atoms. The van der Waals surface area contributed by atoms with Crippen LogP contribution in [0, 0.1) is 0 Å². The van der Waals surface area contributed by atoms with Crippen LogP contribution in [0.25, 0.3) is 28.1 Å². The molecule has 9 heteroatoms. The first-order valence-electron chi connectivity index (χ1n) is 10.2. The van der Waals surface area contributed by atoms with E-state index in [0.29, 0.717) is 16.4 Å². The van der Waals surface area contributed by atoms with Crippen molar-refractivity contribution in [1.29, 1.82) is 0 Å². The molecule has 0 N–H and O–H groups in total. The average molecular weight is 496 g/mol. The smallest absolute Gasteiger partial charge is 0.216 e. The van der Waals surface area contributed by atoms with Gasteiger partial charge in [-0.3, -0.25) is 14.1 Å². The summed E-state index contributed by atoms with van der Waals surface area (Å²) in [6.45, 7) is 6.75. The third-order valence-corrected chi connectivity index (χ3v) is 5.96. The molecule has 6 nitrogen and oxygen atoms in total. The Balaban J connectivity index is 0.00000144. The SMILES string of the molecule is CC(=O)c1c(-c2ccc(Cl)cc2)nc2n(CCN3CCOCC3)c3ccccc3n12.Cl.Cl. The van der Waals surface area contributed by atoms with E-state index in [4.69, 9.17) is 21.3 Å². The summed E-state index contributed by atoms with van der Waals surface area (Å²) in [6.07, 6.45) is 0. The fourth-order valence-electron chi connectivity index (χ4n) is 4.23. The molecule has 0 unspecified atom stereocenters. The van der Waals surface area contributed by atoms with E-state index in [9.17, 15) is 4.79 Å². The molecule has 0 saturated carbocycles. The standard InChI is InChI=1S/C23H23ClN4O2.2ClH/c1-16(29)22-21(17-6-8-18(24)9-7-17)25-23-27(11-10-26-12-14-30-15-13-26)19-4-2-3-5-20(19)28(22)23;;/h2-9H,10-15H2,1H3;2*1H. The molecule has 1 fully saturated rings. The number of rotatable bonds is 5. The van der Waals surface area contributed by atoms with Crippen molar-refractivity contribution < 1.29 is 9.53 Å². The number of morpholine rings is 1. The zero-order chi connectivity index (χ0) is 20.7. The topological polar surface area (TPSA) is 51.8 Å². The third kappa shape index (κ3) is 4.38. The Labute approximate surface area is 203 Å². The van der Waals surface area contributed by atoms with E-state index in [1.165, 1.54) is 0 Å². The van der Waals surface area contributed by atoms with Gasteiger partial charge in [0.05, 0.1) is 24.2 Å². The van der Waals surface area contributed by atoms with Gasteiger partial charge in [0.2, 0.25) is 5.78 Å². The van der Waals surface area contributed by atoms with E-state index < -0.39 is 0 Å². The number of ether oxygens (including phenoxy) is 1. The molecule has 0 amide bonds. The first kappa shape index (κ1) is 24.6. The predicted molar refractivity (Wildman–Crippen MR) is 133 cm³/mol. The number of carbonyl (C=O) groups excluding carboxylic acids is 1. The highest BCUT2D eigenvalue weighted by atomic mass is 35.5. The van der Waals surface area contributed by atoms with Gasteiger partial charge in [0.1, 0.15) is 11.4 Å². The first-order valence-corrected chi connectivity index (χ1v) is 10.6. The second-order valence-corrected chi connectivity index (χ2v) is 8.04. The molecule has 1 aliphatic rings. The maximum atomic E-state index is 12.7. The van der Waals surface area contributed by atoms with Gasteiger partial charge in [0, 0.05) is 43.7 Å². The van der Waals surface area contributed by atoms with Crippen LogP contribution in [0.15, 0.2) is 48.5 Å². The molecule has 2 aromatic heterocycles. The highest BCUT2D eigenvalue weighted by Crippen LogP contribution is 2.31. The van der Waals surface area contributed by atoms with Crippen molar-refractivity contribution in [3.8, 4) is 11.3 Å². The van der Waals surface area contributed by atoms with Crippen molar-refractivity contribution in [2.24, 2.45) is 0 Å². The Kier molecular flexibility index (Phi) is 7.85. The molecule has 0 radical (unpaired) electrons. The van der Waals surface area contributed by atoms with E-state index >= 15 is 0 Å². The number of aromatic nitrogens is 3. The van der Waals surface area contributed by atoms with Gasteiger partial charge in [-0.25, -0.2) is 4.98 Å². The number of carbonyl (C=O) groups is 1. The summed E-state index contributed by atoms with van der Waals surface area (Å²) in [6, 6.07) is 15.7. The fraction of sp³-hybridized carbons (Fsp3) is 0.304. The maximum absolute atomic E-state index is 12.7. The minimum Gasteiger partial charge on any atom is -0.379 e. The predicted octanol–water partition coefficient (Wildman–Crippen LogP) is 4.99. The number of halogens is 3. The zero-order valence-electron chi connectivity index (χ0n) is 17.7. The summed E-state index contributed by atoms with van der Waals surface area (Å²) in [5, 5.41) is 0.660. The number of hydrogen-bond donors (Lipinski definition) is 0. The molecule has 0 aliphatic carbocycles. The number of benzene rings is 2. The van der Waals surface area contributed by atoms with Gasteiger partial charge in [-0.2, -0.15) is 0 Å². The molecule has 0 spiro atoms. The quantitative estimate of drug-likeness (QED) is 0.366. The minimum atomic E-state index is -0.0106. The summed E-state index contributed by atoms with van der Waals surface area (Å²) in [7, 11) is 0. The molecule has 1 saturated heterocycles. The number of para-hydroxylation sites is 2. The molecular weight excluding hydrogens is 471 g/mol. The van der Waals surface area contributed by atoms with Crippen molar-refractivity contribution >= 4 is 59.0 Å². The van der Waals surface area contributed by atoms with Crippen LogP contribution in [0.3, 0.4) is 0 Å². The molecule has 1 aliphatic heterocycles. The summed E-state index contributed by atoms with van der Waals surface area (Å²) >= 11 is 6.07. The normalized spacial score (nSPS) is 14.3. The van der Waals surface area contributed by atoms with E-state index in [0.717, 1.165) is 61.8 Å². The third-order valence-electron chi connectivity index (χ3n) is 5.71. The van der Waals surface area contributed by atoms with Crippen molar-refractivity contribution in [2.75, 3.05) is 32.8 Å². The summed E-state index contributed by atoms with van der Waals surface area (Å²) in [5.74, 6) is 0.781. The van der Waals surface area contributed by atoms with Crippen LogP contribution in [-0.4, -0.2) is 57.5 Å². The lowest BCUT2D eigenvalue weighted by molar-refractivity contribution is 0.0366. The lowest BCUT2D eigenvalue weighted by atomic mass is 10.1. The van der Waals surface area contributed by atoms with Gasteiger partial charge in [-0.15, -0.1) is 24.8 Å². The molecule has 0 atom stereocenters. The minimum absolute atomic E-state index is 0. The molecule has 2 aromatic carbocycles. The second kappa shape index (κ2) is 10.2. The van der Waals surface area contributed by atoms with Crippen LogP contribution in [0.1, 0.15) is 17.4 Å². The van der Waals surface area contributed by atoms with Crippen LogP contribution >= 0.6 is 36.4 Å². The summed E-state index contributed by atoms with van der Waals surface area (Å²) < 4.78 is 9.69. The maximum Gasteiger partial charge on any atom is 0.216 e. The Bertz CT molecular complexity index is 1230. The Morgan fingerprint density at radius 1 is 1.00 bits per heavy atom. The first-order chi connectivity index (χ1) is 14.6. The zero-order valence-corrected chi connectivity index (χ0v) is 20.1. The molecule has 4 aromatic rings. The van der Waals surface area contributed by atoms with E-state index in [1.54, 1.807) is 6.92 Å². The van der Waals surface area contributed by atoms with Crippen LogP contribution in [0.2, 0.25) is 5.02 Å². The molecule has 32 heavy (non-hydrogen) atoms.